The van der Waals surface area contributed by atoms with Crippen molar-refractivity contribution >= 4 is 21.6 Å². The maximum Gasteiger partial charge on any atom is 0.262 e. The molecule has 3 aromatic rings. The monoisotopic (exact) mass is 395 g/mol. The fraction of sp³-hybridized carbons (Fsp3) is 0.143. The van der Waals surface area contributed by atoms with Gasteiger partial charge in [-0.15, -0.1) is 0 Å². The molecule has 0 bridgehead atoms. The van der Waals surface area contributed by atoms with E-state index in [4.69, 9.17) is 0 Å². The molecule has 0 saturated carbocycles. The van der Waals surface area contributed by atoms with Gasteiger partial charge in [0.05, 0.1) is 17.4 Å². The van der Waals surface area contributed by atoms with Gasteiger partial charge in [0.25, 0.3) is 15.9 Å². The molecule has 1 heterocycles. The SMILES string of the molecule is Cc1ccncc1NS(=O)(=O)c1ccccc1C(=O)N(C)Cc1ccccc1. The van der Waals surface area contributed by atoms with Crippen LogP contribution in [0.2, 0.25) is 0 Å². The summed E-state index contributed by atoms with van der Waals surface area (Å²) in [4.78, 5) is 18.3. The van der Waals surface area contributed by atoms with Crippen molar-refractivity contribution in [2.24, 2.45) is 0 Å². The molecule has 0 aliphatic carbocycles. The first-order valence-corrected chi connectivity index (χ1v) is 10.2. The summed E-state index contributed by atoms with van der Waals surface area (Å²) in [7, 11) is -2.31. The number of hydrogen-bond donors (Lipinski definition) is 1. The molecule has 3 rings (SSSR count). The summed E-state index contributed by atoms with van der Waals surface area (Å²) in [5.41, 5.74) is 2.20. The van der Waals surface area contributed by atoms with Crippen LogP contribution >= 0.6 is 0 Å². The summed E-state index contributed by atoms with van der Waals surface area (Å²) >= 11 is 0. The molecule has 1 N–H and O–H groups in total. The van der Waals surface area contributed by atoms with Crippen molar-refractivity contribution < 1.29 is 13.2 Å². The number of amides is 1. The van der Waals surface area contributed by atoms with Crippen LogP contribution < -0.4 is 4.72 Å². The summed E-state index contributed by atoms with van der Waals surface area (Å²) in [5.74, 6) is -0.368. The summed E-state index contributed by atoms with van der Waals surface area (Å²) in [6.45, 7) is 2.16. The van der Waals surface area contributed by atoms with Crippen molar-refractivity contribution in [1.82, 2.24) is 9.88 Å². The Balaban J connectivity index is 1.90. The Morgan fingerprint density at radius 2 is 1.71 bits per heavy atom. The van der Waals surface area contributed by atoms with E-state index in [1.54, 1.807) is 38.4 Å². The molecular formula is C21H21N3O3S. The molecule has 6 nitrogen and oxygen atoms in total. The fourth-order valence-corrected chi connectivity index (χ4v) is 4.10. The van der Waals surface area contributed by atoms with Crippen molar-refractivity contribution in [3.63, 3.8) is 0 Å². The van der Waals surface area contributed by atoms with Crippen LogP contribution in [0.15, 0.2) is 78.0 Å². The lowest BCUT2D eigenvalue weighted by molar-refractivity contribution is 0.0781. The van der Waals surface area contributed by atoms with E-state index in [1.807, 2.05) is 30.3 Å². The lowest BCUT2D eigenvalue weighted by Crippen LogP contribution is -2.28. The molecule has 1 amide bonds. The molecule has 0 saturated heterocycles. The zero-order valence-corrected chi connectivity index (χ0v) is 16.5. The first-order chi connectivity index (χ1) is 13.4. The second-order valence-electron chi connectivity index (χ2n) is 6.44. The zero-order chi connectivity index (χ0) is 20.1. The molecule has 2 aromatic carbocycles. The van der Waals surface area contributed by atoms with Crippen molar-refractivity contribution in [3.05, 3.63) is 89.7 Å². The van der Waals surface area contributed by atoms with Crippen LogP contribution in [0.1, 0.15) is 21.5 Å². The minimum atomic E-state index is -3.96. The Morgan fingerprint density at radius 1 is 1.04 bits per heavy atom. The third-order valence-corrected chi connectivity index (χ3v) is 5.72. The molecule has 0 aliphatic heterocycles. The molecule has 7 heteroatoms. The molecule has 0 fully saturated rings. The summed E-state index contributed by atoms with van der Waals surface area (Å²) < 4.78 is 28.4. The number of pyridine rings is 1. The quantitative estimate of drug-likeness (QED) is 0.693. The number of aromatic nitrogens is 1. The molecule has 0 atom stereocenters. The molecule has 0 spiro atoms. The maximum absolute atomic E-state index is 13.0. The maximum atomic E-state index is 13.0. The number of nitrogens with zero attached hydrogens (tertiary/aromatic N) is 2. The fourth-order valence-electron chi connectivity index (χ4n) is 2.78. The Kier molecular flexibility index (Phi) is 5.75. The van der Waals surface area contributed by atoms with Crippen molar-refractivity contribution in [3.8, 4) is 0 Å². The van der Waals surface area contributed by atoms with Crippen LogP contribution in [0.3, 0.4) is 0 Å². The average Bonchev–Trinajstić information content (AvgIpc) is 2.70. The predicted molar refractivity (Wildman–Crippen MR) is 108 cm³/mol. The summed E-state index contributed by atoms with van der Waals surface area (Å²) in [6, 6.07) is 17.4. The average molecular weight is 395 g/mol. The molecule has 0 aliphatic rings. The van der Waals surface area contributed by atoms with Crippen LogP contribution in [-0.4, -0.2) is 31.3 Å². The van der Waals surface area contributed by atoms with Crippen LogP contribution in [-0.2, 0) is 16.6 Å². The van der Waals surface area contributed by atoms with E-state index in [-0.39, 0.29) is 16.4 Å². The Bertz CT molecular complexity index is 1080. The van der Waals surface area contributed by atoms with Gasteiger partial charge in [0, 0.05) is 19.8 Å². The second-order valence-corrected chi connectivity index (χ2v) is 8.09. The Morgan fingerprint density at radius 3 is 2.43 bits per heavy atom. The minimum absolute atomic E-state index is 0.0665. The van der Waals surface area contributed by atoms with Gasteiger partial charge in [-0.3, -0.25) is 14.5 Å². The Hall–Kier alpha value is -3.19. The second kappa shape index (κ2) is 8.22. The highest BCUT2D eigenvalue weighted by molar-refractivity contribution is 7.92. The molecule has 0 unspecified atom stereocenters. The molecule has 144 valence electrons. The van der Waals surface area contributed by atoms with Gasteiger partial charge >= 0.3 is 0 Å². The highest BCUT2D eigenvalue weighted by Gasteiger charge is 2.24. The van der Waals surface area contributed by atoms with Gasteiger partial charge in [-0.1, -0.05) is 42.5 Å². The lowest BCUT2D eigenvalue weighted by Gasteiger charge is -2.19. The van der Waals surface area contributed by atoms with Gasteiger partial charge in [0.2, 0.25) is 0 Å². The number of aryl methyl sites for hydroxylation is 1. The van der Waals surface area contributed by atoms with Gasteiger partial charge in [0.1, 0.15) is 4.90 Å². The highest BCUT2D eigenvalue weighted by atomic mass is 32.2. The van der Waals surface area contributed by atoms with Gasteiger partial charge < -0.3 is 4.90 Å². The third kappa shape index (κ3) is 4.37. The van der Waals surface area contributed by atoms with E-state index in [9.17, 15) is 13.2 Å². The summed E-state index contributed by atoms with van der Waals surface area (Å²) in [6.07, 6.45) is 3.03. The Labute approximate surface area is 164 Å². The van der Waals surface area contributed by atoms with E-state index >= 15 is 0 Å². The lowest BCUT2D eigenvalue weighted by atomic mass is 10.1. The highest BCUT2D eigenvalue weighted by Crippen LogP contribution is 2.22. The first-order valence-electron chi connectivity index (χ1n) is 8.70. The van der Waals surface area contributed by atoms with Crippen LogP contribution in [0.4, 0.5) is 5.69 Å². The van der Waals surface area contributed by atoms with Crippen molar-refractivity contribution in [2.75, 3.05) is 11.8 Å². The number of benzene rings is 2. The van der Waals surface area contributed by atoms with Crippen molar-refractivity contribution in [1.29, 1.82) is 0 Å². The minimum Gasteiger partial charge on any atom is -0.337 e. The normalized spacial score (nSPS) is 11.1. The van der Waals surface area contributed by atoms with Crippen LogP contribution in [0.5, 0.6) is 0 Å². The number of rotatable bonds is 6. The van der Waals surface area contributed by atoms with E-state index < -0.39 is 10.0 Å². The van der Waals surface area contributed by atoms with Gasteiger partial charge in [0.15, 0.2) is 0 Å². The first kappa shape index (κ1) is 19.6. The number of carbonyl (C=O) groups excluding carboxylic acids is 1. The van der Waals surface area contributed by atoms with Crippen molar-refractivity contribution in [2.45, 2.75) is 18.4 Å². The smallest absolute Gasteiger partial charge is 0.262 e. The third-order valence-electron chi connectivity index (χ3n) is 4.30. The van der Waals surface area contributed by atoms with Crippen LogP contribution in [0.25, 0.3) is 0 Å². The number of nitrogens with one attached hydrogen (secondary N) is 1. The molecule has 1 aromatic heterocycles. The predicted octanol–water partition coefficient (Wildman–Crippen LogP) is 3.46. The number of carbonyl (C=O) groups is 1. The van der Waals surface area contributed by atoms with E-state index in [2.05, 4.69) is 9.71 Å². The largest absolute Gasteiger partial charge is 0.337 e. The number of hydrogen-bond acceptors (Lipinski definition) is 4. The standard InChI is InChI=1S/C21H21N3O3S/c1-16-12-13-22-14-19(16)23-28(26,27)20-11-7-6-10-18(20)21(25)24(2)15-17-8-4-3-5-9-17/h3-14,23H,15H2,1-2H3. The van der Waals surface area contributed by atoms with E-state index in [0.29, 0.717) is 12.2 Å². The van der Waals surface area contributed by atoms with Gasteiger partial charge in [-0.2, -0.15) is 0 Å². The van der Waals surface area contributed by atoms with E-state index in [1.165, 1.54) is 23.2 Å². The number of sulfonamides is 1. The zero-order valence-electron chi connectivity index (χ0n) is 15.7. The van der Waals surface area contributed by atoms with Crippen LogP contribution in [0, 0.1) is 6.92 Å². The molecule has 28 heavy (non-hydrogen) atoms. The van der Waals surface area contributed by atoms with Gasteiger partial charge in [-0.25, -0.2) is 8.42 Å². The van der Waals surface area contributed by atoms with E-state index in [0.717, 1.165) is 11.1 Å². The van der Waals surface area contributed by atoms with Gasteiger partial charge in [-0.05, 0) is 36.2 Å². The topological polar surface area (TPSA) is 79.4 Å². The number of anilines is 1. The summed E-state index contributed by atoms with van der Waals surface area (Å²) in [5, 5.41) is 0. The molecule has 0 radical (unpaired) electrons. The molecular weight excluding hydrogens is 374 g/mol.